The van der Waals surface area contributed by atoms with Gasteiger partial charge >= 0.3 is 0 Å². The minimum atomic E-state index is 0.387. The van der Waals surface area contributed by atoms with Crippen LogP contribution in [0, 0.1) is 0 Å². The van der Waals surface area contributed by atoms with Crippen molar-refractivity contribution in [1.29, 1.82) is 0 Å². The van der Waals surface area contributed by atoms with Gasteiger partial charge in [0.25, 0.3) is 0 Å². The zero-order valence-corrected chi connectivity index (χ0v) is 6.78. The largest absolute Gasteiger partial charge is 0.276 e. The van der Waals surface area contributed by atoms with E-state index >= 15 is 0 Å². The fraction of sp³-hybridized carbons (Fsp3) is 0. The van der Waals surface area contributed by atoms with Gasteiger partial charge in [0, 0.05) is 6.20 Å². The van der Waals surface area contributed by atoms with Crippen molar-refractivity contribution in [1.82, 2.24) is 20.4 Å². The average molecular weight is 181 g/mol. The zero-order valence-electron chi connectivity index (χ0n) is 6.03. The first-order valence-electron chi connectivity index (χ1n) is 3.35. The molecule has 2 heterocycles. The molecule has 1 N–H and O–H groups in total. The van der Waals surface area contributed by atoms with Crippen LogP contribution in [0.2, 0.25) is 5.15 Å². The van der Waals surface area contributed by atoms with E-state index in [0.29, 0.717) is 5.15 Å². The third kappa shape index (κ3) is 1.29. The number of hydrogen-bond donors (Lipinski definition) is 1. The standard InChI is InChI=1S/C7H5ClN4/c8-7-2-1-5(11-12-7)6-3-4-9-10-6/h1-4H,(H,9,10). The summed E-state index contributed by atoms with van der Waals surface area (Å²) in [6.45, 7) is 0. The lowest BCUT2D eigenvalue weighted by Gasteiger charge is -1.93. The summed E-state index contributed by atoms with van der Waals surface area (Å²) >= 11 is 5.57. The molecule has 0 unspecified atom stereocenters. The third-order valence-electron chi connectivity index (χ3n) is 1.41. The SMILES string of the molecule is Clc1ccc(-c2ccn[nH]2)nn1. The molecule has 0 aliphatic rings. The molecule has 0 saturated carbocycles. The average Bonchev–Trinajstić information content (AvgIpc) is 2.58. The van der Waals surface area contributed by atoms with E-state index in [1.165, 1.54) is 0 Å². The van der Waals surface area contributed by atoms with E-state index in [-0.39, 0.29) is 0 Å². The summed E-state index contributed by atoms with van der Waals surface area (Å²) in [6, 6.07) is 5.28. The fourth-order valence-electron chi connectivity index (χ4n) is 0.858. The van der Waals surface area contributed by atoms with Crippen molar-refractivity contribution < 1.29 is 0 Å². The summed E-state index contributed by atoms with van der Waals surface area (Å²) in [5.41, 5.74) is 1.57. The maximum absolute atomic E-state index is 5.57. The van der Waals surface area contributed by atoms with Crippen LogP contribution in [-0.4, -0.2) is 20.4 Å². The molecule has 5 heteroatoms. The van der Waals surface area contributed by atoms with E-state index < -0.39 is 0 Å². The third-order valence-corrected chi connectivity index (χ3v) is 1.61. The molecule has 0 fully saturated rings. The van der Waals surface area contributed by atoms with Gasteiger partial charge in [0.05, 0.1) is 5.69 Å². The summed E-state index contributed by atoms with van der Waals surface area (Å²) < 4.78 is 0. The van der Waals surface area contributed by atoms with Crippen molar-refractivity contribution in [3.8, 4) is 11.4 Å². The first-order valence-corrected chi connectivity index (χ1v) is 3.73. The second-order valence-corrected chi connectivity index (χ2v) is 2.60. The number of nitrogens with zero attached hydrogens (tertiary/aromatic N) is 3. The van der Waals surface area contributed by atoms with Crippen LogP contribution in [-0.2, 0) is 0 Å². The molecule has 2 rings (SSSR count). The molecule has 60 valence electrons. The lowest BCUT2D eigenvalue weighted by atomic mass is 10.3. The Kier molecular flexibility index (Phi) is 1.75. The van der Waals surface area contributed by atoms with Gasteiger partial charge in [-0.3, -0.25) is 5.10 Å². The maximum Gasteiger partial charge on any atom is 0.151 e. The monoisotopic (exact) mass is 180 g/mol. The van der Waals surface area contributed by atoms with E-state index in [1.807, 2.05) is 6.07 Å². The van der Waals surface area contributed by atoms with Crippen LogP contribution in [0.5, 0.6) is 0 Å². The molecule has 4 nitrogen and oxygen atoms in total. The Morgan fingerprint density at radius 1 is 1.17 bits per heavy atom. The number of H-pyrrole nitrogens is 1. The van der Waals surface area contributed by atoms with Crippen LogP contribution in [0.15, 0.2) is 24.4 Å². The van der Waals surface area contributed by atoms with Crippen molar-refractivity contribution in [3.63, 3.8) is 0 Å². The van der Waals surface area contributed by atoms with E-state index in [2.05, 4.69) is 20.4 Å². The lowest BCUT2D eigenvalue weighted by Crippen LogP contribution is -1.86. The van der Waals surface area contributed by atoms with Crippen LogP contribution in [0.4, 0.5) is 0 Å². The van der Waals surface area contributed by atoms with Gasteiger partial charge in [0.15, 0.2) is 5.15 Å². The quantitative estimate of drug-likeness (QED) is 0.724. The number of nitrogens with one attached hydrogen (secondary N) is 1. The molecule has 0 aliphatic heterocycles. The van der Waals surface area contributed by atoms with Gasteiger partial charge in [-0.1, -0.05) is 11.6 Å². The highest BCUT2D eigenvalue weighted by molar-refractivity contribution is 6.29. The topological polar surface area (TPSA) is 54.5 Å². The Morgan fingerprint density at radius 3 is 2.67 bits per heavy atom. The second kappa shape index (κ2) is 2.91. The van der Waals surface area contributed by atoms with E-state index in [0.717, 1.165) is 11.4 Å². The Morgan fingerprint density at radius 2 is 2.08 bits per heavy atom. The van der Waals surface area contributed by atoms with E-state index in [9.17, 15) is 0 Å². The maximum atomic E-state index is 5.57. The van der Waals surface area contributed by atoms with Gasteiger partial charge in [-0.25, -0.2) is 0 Å². The first kappa shape index (κ1) is 7.24. The molecule has 0 radical (unpaired) electrons. The van der Waals surface area contributed by atoms with Crippen molar-refractivity contribution >= 4 is 11.6 Å². The molecular weight excluding hydrogens is 176 g/mol. The normalized spacial score (nSPS) is 10.1. The Hall–Kier alpha value is -1.42. The van der Waals surface area contributed by atoms with Crippen molar-refractivity contribution in [2.75, 3.05) is 0 Å². The predicted molar refractivity (Wildman–Crippen MR) is 44.6 cm³/mol. The van der Waals surface area contributed by atoms with E-state index in [4.69, 9.17) is 11.6 Å². The summed E-state index contributed by atoms with van der Waals surface area (Å²) in [5.74, 6) is 0. The minimum absolute atomic E-state index is 0.387. The second-order valence-electron chi connectivity index (χ2n) is 2.21. The smallest absolute Gasteiger partial charge is 0.151 e. The summed E-state index contributed by atoms with van der Waals surface area (Å²) in [5, 5.41) is 14.5. The minimum Gasteiger partial charge on any atom is -0.276 e. The predicted octanol–water partition coefficient (Wildman–Crippen LogP) is 1.52. The Labute approximate surface area is 73.6 Å². The van der Waals surface area contributed by atoms with Gasteiger partial charge in [-0.2, -0.15) is 5.10 Å². The molecule has 0 spiro atoms. The van der Waals surface area contributed by atoms with Crippen LogP contribution >= 0.6 is 11.6 Å². The highest BCUT2D eigenvalue weighted by Crippen LogP contribution is 2.12. The van der Waals surface area contributed by atoms with E-state index in [1.54, 1.807) is 18.3 Å². The molecule has 2 aromatic heterocycles. The zero-order chi connectivity index (χ0) is 8.39. The highest BCUT2D eigenvalue weighted by atomic mass is 35.5. The Balaban J connectivity index is 2.43. The van der Waals surface area contributed by atoms with Crippen LogP contribution in [0.1, 0.15) is 0 Å². The van der Waals surface area contributed by atoms with Crippen molar-refractivity contribution in [2.45, 2.75) is 0 Å². The molecule has 0 amide bonds. The number of halogens is 1. The number of aromatic amines is 1. The van der Waals surface area contributed by atoms with Gasteiger partial charge in [-0.05, 0) is 18.2 Å². The molecule has 0 atom stereocenters. The summed E-state index contributed by atoms with van der Waals surface area (Å²) in [7, 11) is 0. The molecule has 2 aromatic rings. The Bertz CT molecular complexity index is 353. The molecule has 0 aromatic carbocycles. The molecule has 12 heavy (non-hydrogen) atoms. The van der Waals surface area contributed by atoms with Gasteiger partial charge in [-0.15, -0.1) is 10.2 Å². The summed E-state index contributed by atoms with van der Waals surface area (Å²) in [4.78, 5) is 0. The van der Waals surface area contributed by atoms with Crippen molar-refractivity contribution in [3.05, 3.63) is 29.5 Å². The molecule has 0 saturated heterocycles. The van der Waals surface area contributed by atoms with Crippen molar-refractivity contribution in [2.24, 2.45) is 0 Å². The molecule has 0 bridgehead atoms. The van der Waals surface area contributed by atoms with Crippen LogP contribution in [0.3, 0.4) is 0 Å². The number of hydrogen-bond acceptors (Lipinski definition) is 3. The molecule has 0 aliphatic carbocycles. The lowest BCUT2D eigenvalue weighted by molar-refractivity contribution is 1.02. The van der Waals surface area contributed by atoms with Gasteiger partial charge in [0.1, 0.15) is 5.69 Å². The number of rotatable bonds is 1. The van der Waals surface area contributed by atoms with Gasteiger partial charge in [0.2, 0.25) is 0 Å². The van der Waals surface area contributed by atoms with Crippen LogP contribution < -0.4 is 0 Å². The first-order chi connectivity index (χ1) is 5.86. The van der Waals surface area contributed by atoms with Gasteiger partial charge < -0.3 is 0 Å². The number of aromatic nitrogens is 4. The molecular formula is C7H5ClN4. The van der Waals surface area contributed by atoms with Crippen LogP contribution in [0.25, 0.3) is 11.4 Å². The fourth-order valence-corrected chi connectivity index (χ4v) is 0.959. The summed E-state index contributed by atoms with van der Waals surface area (Å²) in [6.07, 6.45) is 1.66. The highest BCUT2D eigenvalue weighted by Gasteiger charge is 1.99.